The molecule has 2 fully saturated rings. The van der Waals surface area contributed by atoms with Crippen LogP contribution in [0.2, 0.25) is 0 Å². The Morgan fingerprint density at radius 2 is 2.05 bits per heavy atom. The second-order valence-electron chi connectivity index (χ2n) is 5.33. The highest BCUT2D eigenvalue weighted by atomic mass is 32.2. The minimum atomic E-state index is -4.23. The lowest BCUT2D eigenvalue weighted by Crippen LogP contribution is -2.41. The molecule has 0 aromatic heterocycles. The summed E-state index contributed by atoms with van der Waals surface area (Å²) in [4.78, 5) is 1.64. The molecule has 2 unspecified atom stereocenters. The molecule has 0 aliphatic carbocycles. The quantitative estimate of drug-likeness (QED) is 0.813. The number of hydrogen-bond acceptors (Lipinski definition) is 4. The van der Waals surface area contributed by atoms with Gasteiger partial charge in [0.05, 0.1) is 16.9 Å². The zero-order valence-corrected chi connectivity index (χ0v) is 11.4. The lowest BCUT2D eigenvalue weighted by molar-refractivity contribution is -0.175. The van der Waals surface area contributed by atoms with Crippen LogP contribution in [-0.4, -0.2) is 63.2 Å². The molecule has 2 atom stereocenters. The summed E-state index contributed by atoms with van der Waals surface area (Å²) < 4.78 is 61.8. The summed E-state index contributed by atoms with van der Waals surface area (Å²) in [5.74, 6) is -1.24. The fourth-order valence-electron chi connectivity index (χ4n) is 2.72. The first-order chi connectivity index (χ1) is 8.79. The molecule has 1 N–H and O–H groups in total. The number of rotatable bonds is 2. The lowest BCUT2D eigenvalue weighted by atomic mass is 10.1. The summed E-state index contributed by atoms with van der Waals surface area (Å²) in [6.07, 6.45) is -3.03. The van der Waals surface area contributed by atoms with Gasteiger partial charge in [0.25, 0.3) is 0 Å². The van der Waals surface area contributed by atoms with Gasteiger partial charge < -0.3 is 10.2 Å². The highest BCUT2D eigenvalue weighted by Crippen LogP contribution is 2.28. The van der Waals surface area contributed by atoms with Crippen LogP contribution in [0.25, 0.3) is 0 Å². The second kappa shape index (κ2) is 5.57. The molecule has 8 heteroatoms. The molecule has 0 amide bonds. The molecule has 0 saturated carbocycles. The zero-order valence-electron chi connectivity index (χ0n) is 10.6. The maximum atomic E-state index is 12.8. The molecule has 0 bridgehead atoms. The van der Waals surface area contributed by atoms with Gasteiger partial charge in [0.1, 0.15) is 0 Å². The molecule has 2 saturated heterocycles. The van der Waals surface area contributed by atoms with Crippen molar-refractivity contribution in [2.45, 2.75) is 24.3 Å². The fraction of sp³-hybridized carbons (Fsp3) is 1.00. The smallest absolute Gasteiger partial charge is 0.315 e. The Balaban J connectivity index is 1.99. The van der Waals surface area contributed by atoms with Crippen LogP contribution < -0.4 is 5.32 Å². The number of alkyl halides is 3. The number of sulfone groups is 1. The lowest BCUT2D eigenvalue weighted by Gasteiger charge is -2.27. The Morgan fingerprint density at radius 1 is 1.32 bits per heavy atom. The van der Waals surface area contributed by atoms with Gasteiger partial charge in [-0.05, 0) is 12.8 Å². The van der Waals surface area contributed by atoms with Gasteiger partial charge in [-0.1, -0.05) is 0 Å². The van der Waals surface area contributed by atoms with Crippen molar-refractivity contribution in [1.29, 1.82) is 0 Å². The third-order valence-corrected chi connectivity index (χ3v) is 6.12. The average Bonchev–Trinajstić information content (AvgIpc) is 2.52. The van der Waals surface area contributed by atoms with E-state index in [-0.39, 0.29) is 25.4 Å². The first kappa shape index (κ1) is 15.1. The molecule has 0 aromatic rings. The SMILES string of the molecule is O=S1(=O)CCCC1CN1CCNCC(C(F)(F)F)C1. The van der Waals surface area contributed by atoms with Crippen molar-refractivity contribution >= 4 is 9.84 Å². The summed E-state index contributed by atoms with van der Waals surface area (Å²) in [5, 5.41) is 2.28. The number of nitrogens with one attached hydrogen (secondary N) is 1. The molecule has 4 nitrogen and oxygen atoms in total. The maximum Gasteiger partial charge on any atom is 0.394 e. The van der Waals surface area contributed by atoms with Crippen LogP contribution in [-0.2, 0) is 9.84 Å². The molecule has 2 aliphatic heterocycles. The average molecular weight is 300 g/mol. The van der Waals surface area contributed by atoms with Gasteiger partial charge in [0, 0.05) is 32.7 Å². The van der Waals surface area contributed by atoms with Crippen molar-refractivity contribution in [3.05, 3.63) is 0 Å². The molecule has 112 valence electrons. The van der Waals surface area contributed by atoms with Crippen molar-refractivity contribution < 1.29 is 21.6 Å². The van der Waals surface area contributed by atoms with Gasteiger partial charge in [0.15, 0.2) is 9.84 Å². The predicted molar refractivity (Wildman–Crippen MR) is 65.7 cm³/mol. The van der Waals surface area contributed by atoms with Crippen LogP contribution in [0.15, 0.2) is 0 Å². The highest BCUT2D eigenvalue weighted by Gasteiger charge is 2.42. The van der Waals surface area contributed by atoms with E-state index < -0.39 is 27.2 Å². The summed E-state index contributed by atoms with van der Waals surface area (Å²) in [5.41, 5.74) is 0. The molecule has 0 spiro atoms. The largest absolute Gasteiger partial charge is 0.394 e. The van der Waals surface area contributed by atoms with Crippen molar-refractivity contribution in [2.24, 2.45) is 5.92 Å². The van der Waals surface area contributed by atoms with E-state index in [1.807, 2.05) is 0 Å². The van der Waals surface area contributed by atoms with Gasteiger partial charge in [0.2, 0.25) is 0 Å². The third-order valence-electron chi connectivity index (χ3n) is 3.86. The fourth-order valence-corrected chi connectivity index (χ4v) is 4.58. The van der Waals surface area contributed by atoms with Crippen LogP contribution in [0.3, 0.4) is 0 Å². The van der Waals surface area contributed by atoms with Gasteiger partial charge in [-0.2, -0.15) is 13.2 Å². The standard InChI is InChI=1S/C11H19F3N2O2S/c12-11(13,14)9-6-15-3-4-16(7-9)8-10-2-1-5-19(10,17)18/h9-10,15H,1-8H2. The van der Waals surface area contributed by atoms with E-state index in [0.29, 0.717) is 25.9 Å². The second-order valence-corrected chi connectivity index (χ2v) is 7.73. The number of hydrogen-bond donors (Lipinski definition) is 1. The van der Waals surface area contributed by atoms with E-state index in [1.54, 1.807) is 4.90 Å². The Kier molecular flexibility index (Phi) is 4.42. The predicted octanol–water partition coefficient (Wildman–Crippen LogP) is 0.647. The molecule has 0 aromatic carbocycles. The molecular formula is C11H19F3N2O2S. The van der Waals surface area contributed by atoms with Gasteiger partial charge in [-0.25, -0.2) is 8.42 Å². The van der Waals surface area contributed by atoms with Crippen molar-refractivity contribution in [2.75, 3.05) is 38.5 Å². The number of nitrogens with zero attached hydrogens (tertiary/aromatic N) is 1. The van der Waals surface area contributed by atoms with E-state index >= 15 is 0 Å². The van der Waals surface area contributed by atoms with E-state index in [0.717, 1.165) is 0 Å². The van der Waals surface area contributed by atoms with Gasteiger partial charge in [-0.15, -0.1) is 0 Å². The Labute approximate surface area is 111 Å². The topological polar surface area (TPSA) is 49.4 Å². The van der Waals surface area contributed by atoms with E-state index in [9.17, 15) is 21.6 Å². The van der Waals surface area contributed by atoms with E-state index in [1.165, 1.54) is 0 Å². The first-order valence-electron chi connectivity index (χ1n) is 6.50. The Morgan fingerprint density at radius 3 is 2.63 bits per heavy atom. The highest BCUT2D eigenvalue weighted by molar-refractivity contribution is 7.92. The molecule has 2 heterocycles. The summed E-state index contributed by atoms with van der Waals surface area (Å²) in [7, 11) is -3.09. The molecule has 2 rings (SSSR count). The van der Waals surface area contributed by atoms with Crippen LogP contribution in [0.1, 0.15) is 12.8 Å². The minimum absolute atomic E-state index is 0.0859. The van der Waals surface area contributed by atoms with Crippen LogP contribution in [0.4, 0.5) is 13.2 Å². The van der Waals surface area contributed by atoms with Crippen molar-refractivity contribution in [3.8, 4) is 0 Å². The maximum absolute atomic E-state index is 12.8. The Bertz CT molecular complexity index is 411. The van der Waals surface area contributed by atoms with Crippen molar-refractivity contribution in [3.63, 3.8) is 0 Å². The Hall–Kier alpha value is -0.340. The van der Waals surface area contributed by atoms with E-state index in [2.05, 4.69) is 5.32 Å². The molecule has 2 aliphatic rings. The van der Waals surface area contributed by atoms with Crippen LogP contribution >= 0.6 is 0 Å². The number of halogens is 3. The zero-order chi connectivity index (χ0) is 14.1. The molecule has 0 radical (unpaired) electrons. The van der Waals surface area contributed by atoms with Gasteiger partial charge in [-0.3, -0.25) is 0 Å². The summed E-state index contributed by atoms with van der Waals surface area (Å²) in [6, 6.07) is 0. The monoisotopic (exact) mass is 300 g/mol. The molecule has 19 heavy (non-hydrogen) atoms. The van der Waals surface area contributed by atoms with Gasteiger partial charge >= 0.3 is 6.18 Å². The third kappa shape index (κ3) is 3.82. The first-order valence-corrected chi connectivity index (χ1v) is 8.22. The summed E-state index contributed by atoms with van der Waals surface area (Å²) in [6.45, 7) is 0.981. The molecular weight excluding hydrogens is 281 g/mol. The van der Waals surface area contributed by atoms with E-state index in [4.69, 9.17) is 0 Å². The van der Waals surface area contributed by atoms with Crippen LogP contribution in [0, 0.1) is 5.92 Å². The minimum Gasteiger partial charge on any atom is -0.315 e. The van der Waals surface area contributed by atoms with Crippen LogP contribution in [0.5, 0.6) is 0 Å². The summed E-state index contributed by atoms with van der Waals surface area (Å²) >= 11 is 0. The van der Waals surface area contributed by atoms with Crippen molar-refractivity contribution in [1.82, 2.24) is 10.2 Å². The normalized spacial score (nSPS) is 33.2.